The SMILES string of the molecule is CC1(C)CCC[C@]2(C)C3CC[C@@]4(C)OC[C@]3(CC[C@@H]12)O4. The molecule has 114 valence electrons. The molecule has 2 nitrogen and oxygen atoms in total. The van der Waals surface area contributed by atoms with Gasteiger partial charge >= 0.3 is 0 Å². The Morgan fingerprint density at radius 1 is 0.850 bits per heavy atom. The summed E-state index contributed by atoms with van der Waals surface area (Å²) in [7, 11) is 0. The minimum Gasteiger partial charge on any atom is -0.347 e. The minimum absolute atomic E-state index is 0.0473. The topological polar surface area (TPSA) is 18.5 Å². The molecule has 0 N–H and O–H groups in total. The van der Waals surface area contributed by atoms with Crippen LogP contribution in [0.5, 0.6) is 0 Å². The summed E-state index contributed by atoms with van der Waals surface area (Å²) in [6.45, 7) is 10.6. The Bertz CT molecular complexity index is 431. The fourth-order valence-corrected chi connectivity index (χ4v) is 6.65. The highest BCUT2D eigenvalue weighted by atomic mass is 16.8. The molecular formula is C18H30O2. The van der Waals surface area contributed by atoms with Gasteiger partial charge in [-0.3, -0.25) is 0 Å². The molecule has 0 aromatic rings. The molecule has 0 aromatic heterocycles. The molecule has 2 heterocycles. The molecular weight excluding hydrogens is 248 g/mol. The van der Waals surface area contributed by atoms with Gasteiger partial charge in [0.05, 0.1) is 12.2 Å². The molecule has 1 unspecified atom stereocenters. The van der Waals surface area contributed by atoms with Crippen molar-refractivity contribution in [3.8, 4) is 0 Å². The van der Waals surface area contributed by atoms with E-state index < -0.39 is 0 Å². The Labute approximate surface area is 123 Å². The van der Waals surface area contributed by atoms with Crippen LogP contribution in [-0.2, 0) is 9.47 Å². The average molecular weight is 278 g/mol. The fraction of sp³-hybridized carbons (Fsp3) is 1.00. The maximum atomic E-state index is 6.54. The summed E-state index contributed by atoms with van der Waals surface area (Å²) in [5, 5.41) is 0. The third-order valence-corrected chi connectivity index (χ3v) is 7.49. The van der Waals surface area contributed by atoms with Crippen molar-refractivity contribution in [2.75, 3.05) is 6.61 Å². The first kappa shape index (κ1) is 13.6. The highest BCUT2D eigenvalue weighted by molar-refractivity contribution is 5.13. The molecule has 0 aromatic carbocycles. The van der Waals surface area contributed by atoms with Crippen molar-refractivity contribution in [1.29, 1.82) is 0 Å². The van der Waals surface area contributed by atoms with Crippen LogP contribution in [-0.4, -0.2) is 18.0 Å². The Morgan fingerprint density at radius 2 is 1.60 bits per heavy atom. The van der Waals surface area contributed by atoms with Crippen molar-refractivity contribution in [2.24, 2.45) is 22.7 Å². The van der Waals surface area contributed by atoms with Gasteiger partial charge in [0.15, 0.2) is 5.79 Å². The number of rotatable bonds is 0. The second-order valence-electron chi connectivity index (χ2n) is 9.12. The van der Waals surface area contributed by atoms with Crippen LogP contribution < -0.4 is 0 Å². The first-order valence-corrected chi connectivity index (χ1v) is 8.64. The lowest BCUT2D eigenvalue weighted by Crippen LogP contribution is -2.61. The Balaban J connectivity index is 1.73. The van der Waals surface area contributed by atoms with Crippen molar-refractivity contribution in [1.82, 2.24) is 0 Å². The summed E-state index contributed by atoms with van der Waals surface area (Å²) >= 11 is 0. The van der Waals surface area contributed by atoms with E-state index in [1.54, 1.807) is 0 Å². The van der Waals surface area contributed by atoms with Crippen molar-refractivity contribution in [3.05, 3.63) is 0 Å². The van der Waals surface area contributed by atoms with Crippen molar-refractivity contribution < 1.29 is 9.47 Å². The van der Waals surface area contributed by atoms with Crippen LogP contribution in [0.2, 0.25) is 0 Å². The second-order valence-corrected chi connectivity index (χ2v) is 9.12. The Hall–Kier alpha value is -0.0800. The van der Waals surface area contributed by atoms with Crippen LogP contribution in [0.3, 0.4) is 0 Å². The van der Waals surface area contributed by atoms with Gasteiger partial charge < -0.3 is 9.47 Å². The van der Waals surface area contributed by atoms with Gasteiger partial charge in [0.2, 0.25) is 0 Å². The monoisotopic (exact) mass is 278 g/mol. The second kappa shape index (κ2) is 3.81. The van der Waals surface area contributed by atoms with Crippen LogP contribution in [0, 0.1) is 22.7 Å². The lowest BCUT2D eigenvalue weighted by molar-refractivity contribution is -0.260. The molecule has 4 rings (SSSR count). The van der Waals surface area contributed by atoms with E-state index in [1.165, 1.54) is 38.5 Å². The quantitative estimate of drug-likeness (QED) is 0.648. The van der Waals surface area contributed by atoms with Gasteiger partial charge in [0, 0.05) is 6.42 Å². The Morgan fingerprint density at radius 3 is 2.40 bits per heavy atom. The highest BCUT2D eigenvalue weighted by Gasteiger charge is 2.66. The molecule has 4 fully saturated rings. The number of hydrogen-bond acceptors (Lipinski definition) is 2. The summed E-state index contributed by atoms with van der Waals surface area (Å²) in [6.07, 6.45) is 9.14. The summed E-state index contributed by atoms with van der Waals surface area (Å²) in [6, 6.07) is 0. The lowest BCUT2D eigenvalue weighted by Gasteiger charge is -2.63. The number of hydrogen-bond donors (Lipinski definition) is 0. The van der Waals surface area contributed by atoms with E-state index >= 15 is 0 Å². The van der Waals surface area contributed by atoms with Gasteiger partial charge in [-0.05, 0) is 61.7 Å². The lowest BCUT2D eigenvalue weighted by atomic mass is 9.44. The van der Waals surface area contributed by atoms with E-state index in [0.717, 1.165) is 18.9 Å². The van der Waals surface area contributed by atoms with E-state index in [9.17, 15) is 0 Å². The first-order valence-electron chi connectivity index (χ1n) is 8.64. The molecule has 0 radical (unpaired) electrons. The van der Waals surface area contributed by atoms with Gasteiger partial charge in [0.25, 0.3) is 0 Å². The zero-order valence-corrected chi connectivity index (χ0v) is 13.6. The van der Waals surface area contributed by atoms with Gasteiger partial charge in [-0.15, -0.1) is 0 Å². The molecule has 2 bridgehead atoms. The molecule has 2 heteroatoms. The smallest absolute Gasteiger partial charge is 0.166 e. The molecule has 2 saturated heterocycles. The van der Waals surface area contributed by atoms with Crippen molar-refractivity contribution >= 4 is 0 Å². The standard InChI is InChI=1S/C18H30O2/c1-15(2)8-5-9-16(3)13(15)7-11-18-12-19-17(4,20-18)10-6-14(16)18/h13-14H,5-12H2,1-4H3/t13-,14?,16-,17-,18-/m0/s1. The predicted molar refractivity (Wildman–Crippen MR) is 79.4 cm³/mol. The third kappa shape index (κ3) is 1.58. The van der Waals surface area contributed by atoms with Crippen LogP contribution in [0.25, 0.3) is 0 Å². The fourth-order valence-electron chi connectivity index (χ4n) is 6.65. The van der Waals surface area contributed by atoms with Crippen LogP contribution in [0.15, 0.2) is 0 Å². The molecule has 20 heavy (non-hydrogen) atoms. The number of fused-ring (bicyclic) bond motifs is 3. The van der Waals surface area contributed by atoms with E-state index in [-0.39, 0.29) is 11.4 Å². The number of ether oxygens (including phenoxy) is 2. The van der Waals surface area contributed by atoms with Crippen LogP contribution >= 0.6 is 0 Å². The zero-order valence-electron chi connectivity index (χ0n) is 13.6. The molecule has 2 aliphatic carbocycles. The van der Waals surface area contributed by atoms with Crippen LogP contribution in [0.4, 0.5) is 0 Å². The van der Waals surface area contributed by atoms with Crippen molar-refractivity contribution in [3.63, 3.8) is 0 Å². The van der Waals surface area contributed by atoms with Gasteiger partial charge in [-0.2, -0.15) is 0 Å². The van der Waals surface area contributed by atoms with Gasteiger partial charge in [0.1, 0.15) is 0 Å². The van der Waals surface area contributed by atoms with E-state index in [0.29, 0.717) is 16.7 Å². The average Bonchev–Trinajstić information content (AvgIpc) is 2.58. The predicted octanol–water partition coefficient (Wildman–Crippen LogP) is 4.52. The minimum atomic E-state index is -0.274. The highest BCUT2D eigenvalue weighted by Crippen LogP contribution is 2.67. The zero-order chi connectivity index (χ0) is 14.2. The summed E-state index contributed by atoms with van der Waals surface area (Å²) in [4.78, 5) is 0. The molecule has 1 spiro atoms. The first-order chi connectivity index (χ1) is 9.30. The van der Waals surface area contributed by atoms with Gasteiger partial charge in [-0.25, -0.2) is 0 Å². The maximum Gasteiger partial charge on any atom is 0.166 e. The largest absolute Gasteiger partial charge is 0.347 e. The maximum absolute atomic E-state index is 6.54. The molecule has 4 aliphatic rings. The normalized spacial score (nSPS) is 57.0. The Kier molecular flexibility index (Phi) is 2.59. The van der Waals surface area contributed by atoms with E-state index in [1.807, 2.05) is 0 Å². The molecule has 2 saturated carbocycles. The van der Waals surface area contributed by atoms with Crippen molar-refractivity contribution in [2.45, 2.75) is 84.0 Å². The summed E-state index contributed by atoms with van der Waals surface area (Å²) in [5.74, 6) is 1.31. The summed E-state index contributed by atoms with van der Waals surface area (Å²) < 4.78 is 12.6. The molecule has 5 atom stereocenters. The van der Waals surface area contributed by atoms with E-state index in [4.69, 9.17) is 9.47 Å². The van der Waals surface area contributed by atoms with Crippen LogP contribution in [0.1, 0.15) is 72.6 Å². The summed E-state index contributed by atoms with van der Waals surface area (Å²) in [5.41, 5.74) is 1.02. The molecule has 0 amide bonds. The van der Waals surface area contributed by atoms with E-state index in [2.05, 4.69) is 27.7 Å². The molecule has 2 aliphatic heterocycles. The van der Waals surface area contributed by atoms with Gasteiger partial charge in [-0.1, -0.05) is 27.2 Å². The third-order valence-electron chi connectivity index (χ3n) is 7.49.